The molecule has 5 atom stereocenters. The Balaban J connectivity index is 1.18. The summed E-state index contributed by atoms with van der Waals surface area (Å²) in [6.45, 7) is 0.349. The molecule has 11 nitrogen and oxygen atoms in total. The van der Waals surface area contributed by atoms with Gasteiger partial charge in [-0.3, -0.25) is 4.57 Å². The highest BCUT2D eigenvalue weighted by molar-refractivity contribution is 5.81. The van der Waals surface area contributed by atoms with Crippen LogP contribution in [0.15, 0.2) is 24.8 Å². The van der Waals surface area contributed by atoms with Crippen molar-refractivity contribution in [3.05, 3.63) is 35.9 Å². The van der Waals surface area contributed by atoms with Crippen molar-refractivity contribution >= 4 is 17.0 Å². The molecule has 2 aromatic heterocycles. The van der Waals surface area contributed by atoms with Crippen LogP contribution in [0, 0.1) is 0 Å². The Kier molecular flexibility index (Phi) is 4.25. The molecule has 1 saturated heterocycles. The number of imidazole rings is 1. The number of ether oxygens (including phenoxy) is 4. The van der Waals surface area contributed by atoms with Gasteiger partial charge in [0.15, 0.2) is 29.2 Å². The van der Waals surface area contributed by atoms with Crippen LogP contribution in [0.2, 0.25) is 0 Å². The van der Waals surface area contributed by atoms with Crippen molar-refractivity contribution in [3.63, 3.8) is 0 Å². The van der Waals surface area contributed by atoms with E-state index in [2.05, 4.69) is 15.0 Å². The van der Waals surface area contributed by atoms with Crippen LogP contribution in [0.1, 0.15) is 29.9 Å². The molecule has 3 aliphatic rings. The van der Waals surface area contributed by atoms with Crippen LogP contribution in [0.3, 0.4) is 0 Å². The third kappa shape index (κ3) is 2.92. The first-order chi connectivity index (χ1) is 15.1. The van der Waals surface area contributed by atoms with Crippen LogP contribution >= 0.6 is 0 Å². The lowest BCUT2D eigenvalue weighted by Gasteiger charge is -2.19. The number of aliphatic hydroxyl groups excluding tert-OH is 2. The SMILES string of the molecule is Nc1ncnc2c1ncn2[C@@H]1O[C@H](COC2CCc3cc4c(cc32)OCO4)[C@@H](O)[C@H]1O. The molecule has 1 fully saturated rings. The van der Waals surface area contributed by atoms with Crippen LogP contribution in [0.5, 0.6) is 11.5 Å². The van der Waals surface area contributed by atoms with E-state index >= 15 is 0 Å². The van der Waals surface area contributed by atoms with Crippen LogP contribution < -0.4 is 15.2 Å². The van der Waals surface area contributed by atoms with Crippen molar-refractivity contribution in [2.75, 3.05) is 19.1 Å². The second kappa shape index (κ2) is 7.02. The molecule has 1 unspecified atom stereocenters. The van der Waals surface area contributed by atoms with Crippen LogP contribution in [-0.2, 0) is 15.9 Å². The van der Waals surface area contributed by atoms with Gasteiger partial charge in [-0.05, 0) is 36.1 Å². The van der Waals surface area contributed by atoms with E-state index in [4.69, 9.17) is 24.7 Å². The molecule has 3 aromatic rings. The highest BCUT2D eigenvalue weighted by Gasteiger charge is 2.45. The molecule has 0 radical (unpaired) electrons. The number of aromatic nitrogens is 4. The number of benzene rings is 1. The topological polar surface area (TPSA) is 147 Å². The molecule has 6 rings (SSSR count). The normalized spacial score (nSPS) is 29.0. The molecule has 4 N–H and O–H groups in total. The first-order valence-corrected chi connectivity index (χ1v) is 10.1. The summed E-state index contributed by atoms with van der Waals surface area (Å²) in [4.78, 5) is 12.3. The summed E-state index contributed by atoms with van der Waals surface area (Å²) in [5.41, 5.74) is 8.89. The lowest BCUT2D eigenvalue weighted by Crippen LogP contribution is -2.34. The van der Waals surface area contributed by atoms with E-state index in [-0.39, 0.29) is 25.3 Å². The summed E-state index contributed by atoms with van der Waals surface area (Å²) in [6, 6.07) is 3.96. The third-order valence-electron chi connectivity index (χ3n) is 6.12. The second-order valence-electron chi connectivity index (χ2n) is 7.89. The van der Waals surface area contributed by atoms with E-state index in [9.17, 15) is 10.2 Å². The number of nitrogens with two attached hydrogens (primary N) is 1. The molecular weight excluding hydrogens is 406 g/mol. The maximum Gasteiger partial charge on any atom is 0.231 e. The summed E-state index contributed by atoms with van der Waals surface area (Å²) in [7, 11) is 0. The Labute approximate surface area is 176 Å². The molecule has 11 heteroatoms. The fourth-order valence-electron chi connectivity index (χ4n) is 4.50. The van der Waals surface area contributed by atoms with Gasteiger partial charge in [0.05, 0.1) is 19.0 Å². The Bertz CT molecular complexity index is 1150. The smallest absolute Gasteiger partial charge is 0.231 e. The molecule has 1 aromatic carbocycles. The Morgan fingerprint density at radius 1 is 1.13 bits per heavy atom. The molecule has 0 bridgehead atoms. The van der Waals surface area contributed by atoms with E-state index < -0.39 is 24.5 Å². The predicted molar refractivity (Wildman–Crippen MR) is 105 cm³/mol. The Hall–Kier alpha value is -2.99. The first kappa shape index (κ1) is 18.8. The minimum atomic E-state index is -1.17. The molecule has 162 valence electrons. The minimum absolute atomic E-state index is 0.122. The van der Waals surface area contributed by atoms with Gasteiger partial charge in [0, 0.05) is 0 Å². The summed E-state index contributed by atoms with van der Waals surface area (Å²) in [6.07, 6.45) is 0.451. The van der Waals surface area contributed by atoms with E-state index in [1.165, 1.54) is 18.2 Å². The fraction of sp³-hybridized carbons (Fsp3) is 0.450. The standard InChI is InChI=1S/C20H21N5O6/c21-18-15-19(23-6-22-18)25(7-24-15)20-17(27)16(26)14(31-20)5-28-11-2-1-9-3-12-13(4-10(9)11)30-8-29-12/h3-4,6-7,11,14,16-17,20,26-27H,1-2,5,8H2,(H2,21,22,23)/t11?,14-,16-,17-,20-/m1/s1. The molecule has 2 aliphatic heterocycles. The summed E-state index contributed by atoms with van der Waals surface area (Å²) >= 11 is 0. The highest BCUT2D eigenvalue weighted by Crippen LogP contribution is 2.43. The predicted octanol–water partition coefficient (Wildman–Crippen LogP) is 0.460. The van der Waals surface area contributed by atoms with Gasteiger partial charge in [0.25, 0.3) is 0 Å². The second-order valence-corrected chi connectivity index (χ2v) is 7.89. The average Bonchev–Trinajstić information content (AvgIpc) is 3.53. The molecule has 1 aliphatic carbocycles. The lowest BCUT2D eigenvalue weighted by atomic mass is 10.1. The van der Waals surface area contributed by atoms with E-state index in [0.717, 1.165) is 29.9 Å². The van der Waals surface area contributed by atoms with Gasteiger partial charge in [-0.1, -0.05) is 0 Å². The maximum absolute atomic E-state index is 10.6. The molecule has 0 saturated carbocycles. The fourth-order valence-corrected chi connectivity index (χ4v) is 4.50. The molecule has 4 heterocycles. The number of nitrogens with zero attached hydrogens (tertiary/aromatic N) is 4. The minimum Gasteiger partial charge on any atom is -0.454 e. The van der Waals surface area contributed by atoms with Gasteiger partial charge in [0.2, 0.25) is 6.79 Å². The van der Waals surface area contributed by atoms with Gasteiger partial charge >= 0.3 is 0 Å². The van der Waals surface area contributed by atoms with Crippen LogP contribution in [0.4, 0.5) is 5.82 Å². The van der Waals surface area contributed by atoms with Crippen molar-refractivity contribution in [1.82, 2.24) is 19.5 Å². The maximum atomic E-state index is 10.6. The van der Waals surface area contributed by atoms with Crippen molar-refractivity contribution in [1.29, 1.82) is 0 Å². The van der Waals surface area contributed by atoms with Crippen molar-refractivity contribution in [3.8, 4) is 11.5 Å². The number of nitrogen functional groups attached to an aromatic ring is 1. The van der Waals surface area contributed by atoms with Gasteiger partial charge in [-0.15, -0.1) is 0 Å². The number of rotatable bonds is 4. The zero-order valence-corrected chi connectivity index (χ0v) is 16.4. The largest absolute Gasteiger partial charge is 0.454 e. The highest BCUT2D eigenvalue weighted by atomic mass is 16.7. The number of aliphatic hydroxyl groups is 2. The monoisotopic (exact) mass is 427 g/mol. The van der Waals surface area contributed by atoms with Crippen molar-refractivity contribution in [2.45, 2.75) is 43.5 Å². The number of hydrogen-bond acceptors (Lipinski definition) is 10. The van der Waals surface area contributed by atoms with Crippen LogP contribution in [0.25, 0.3) is 11.2 Å². The Morgan fingerprint density at radius 2 is 1.97 bits per heavy atom. The van der Waals surface area contributed by atoms with Gasteiger partial charge in [-0.25, -0.2) is 15.0 Å². The van der Waals surface area contributed by atoms with Crippen molar-refractivity contribution in [2.24, 2.45) is 0 Å². The zero-order chi connectivity index (χ0) is 21.1. The zero-order valence-electron chi connectivity index (χ0n) is 16.4. The first-order valence-electron chi connectivity index (χ1n) is 10.1. The van der Waals surface area contributed by atoms with E-state index in [1.54, 1.807) is 4.57 Å². The summed E-state index contributed by atoms with van der Waals surface area (Å²) in [5.74, 6) is 1.71. The molecular formula is C20H21N5O6. The molecule has 0 amide bonds. The van der Waals surface area contributed by atoms with Gasteiger partial charge < -0.3 is 34.9 Å². The number of anilines is 1. The van der Waals surface area contributed by atoms with Crippen LogP contribution in [-0.4, -0.2) is 61.4 Å². The summed E-state index contributed by atoms with van der Waals surface area (Å²) in [5, 5.41) is 21.2. The van der Waals surface area contributed by atoms with Gasteiger partial charge in [0.1, 0.15) is 30.2 Å². The molecule has 0 spiro atoms. The van der Waals surface area contributed by atoms with Gasteiger partial charge in [-0.2, -0.15) is 0 Å². The number of hydrogen-bond donors (Lipinski definition) is 3. The van der Waals surface area contributed by atoms with Crippen molar-refractivity contribution < 1.29 is 29.2 Å². The summed E-state index contributed by atoms with van der Waals surface area (Å²) < 4.78 is 24.5. The third-order valence-corrected chi connectivity index (χ3v) is 6.12. The molecule has 31 heavy (non-hydrogen) atoms. The Morgan fingerprint density at radius 3 is 2.84 bits per heavy atom. The van der Waals surface area contributed by atoms with E-state index in [0.29, 0.717) is 11.2 Å². The lowest BCUT2D eigenvalue weighted by molar-refractivity contribution is -0.0814. The number of fused-ring (bicyclic) bond motifs is 3. The quantitative estimate of drug-likeness (QED) is 0.536. The number of aryl methyl sites for hydroxylation is 1. The van der Waals surface area contributed by atoms with E-state index in [1.807, 2.05) is 12.1 Å². The average molecular weight is 427 g/mol.